The van der Waals surface area contributed by atoms with E-state index in [0.717, 1.165) is 54.2 Å². The second-order valence-electron chi connectivity index (χ2n) is 6.09. The third-order valence-corrected chi connectivity index (χ3v) is 4.94. The summed E-state index contributed by atoms with van der Waals surface area (Å²) in [6.45, 7) is 5.00. The zero-order valence-electron chi connectivity index (χ0n) is 13.4. The quantitative estimate of drug-likeness (QED) is 0.690. The fourth-order valence-corrected chi connectivity index (χ4v) is 3.46. The number of aromatic nitrogens is 2. The van der Waals surface area contributed by atoms with Crippen molar-refractivity contribution < 1.29 is 0 Å². The molecule has 0 unspecified atom stereocenters. The number of piperazine rings is 1. The van der Waals surface area contributed by atoms with Crippen LogP contribution in [0.3, 0.4) is 0 Å². The topological polar surface area (TPSA) is 32.3 Å². The minimum atomic E-state index is 0.923. The smallest absolute Gasteiger partial charge is 0.129 e. The van der Waals surface area contributed by atoms with E-state index in [1.54, 1.807) is 0 Å². The van der Waals surface area contributed by atoms with Crippen molar-refractivity contribution in [3.63, 3.8) is 0 Å². The zero-order valence-corrected chi connectivity index (χ0v) is 15.0. The highest BCUT2D eigenvalue weighted by atomic mass is 79.9. The number of pyridine rings is 2. The Balaban J connectivity index is 1.44. The molecule has 1 fully saturated rings. The Labute approximate surface area is 150 Å². The first-order valence-corrected chi connectivity index (χ1v) is 9.01. The second kappa shape index (κ2) is 6.87. The summed E-state index contributed by atoms with van der Waals surface area (Å²) in [4.78, 5) is 14.1. The highest BCUT2D eigenvalue weighted by molar-refractivity contribution is 9.10. The molecule has 1 aromatic carbocycles. The molecule has 4 rings (SSSR count). The summed E-state index contributed by atoms with van der Waals surface area (Å²) < 4.78 is 1.07. The molecule has 0 bridgehead atoms. The van der Waals surface area contributed by atoms with Gasteiger partial charge in [-0.2, -0.15) is 0 Å². The van der Waals surface area contributed by atoms with Crippen LogP contribution in [0.4, 0.5) is 5.82 Å². The zero-order chi connectivity index (χ0) is 16.4. The standard InChI is InChI=1S/C19H19BrN4/c20-16-6-4-15-5-7-19(22-18(15)13-16)24-11-9-23(10-12-24)14-17-3-1-2-8-21-17/h1-8,13H,9-12,14H2. The average Bonchev–Trinajstić information content (AvgIpc) is 2.62. The number of nitrogens with zero attached hydrogens (tertiary/aromatic N) is 4. The minimum Gasteiger partial charge on any atom is -0.354 e. The van der Waals surface area contributed by atoms with Crippen LogP contribution in [0.2, 0.25) is 0 Å². The molecule has 0 N–H and O–H groups in total. The van der Waals surface area contributed by atoms with Crippen molar-refractivity contribution in [3.8, 4) is 0 Å². The summed E-state index contributed by atoms with van der Waals surface area (Å²) in [5.41, 5.74) is 2.18. The van der Waals surface area contributed by atoms with E-state index in [9.17, 15) is 0 Å². The van der Waals surface area contributed by atoms with E-state index in [-0.39, 0.29) is 0 Å². The first-order valence-electron chi connectivity index (χ1n) is 8.21. The van der Waals surface area contributed by atoms with Gasteiger partial charge in [0.15, 0.2) is 0 Å². The first kappa shape index (κ1) is 15.5. The molecule has 5 heteroatoms. The van der Waals surface area contributed by atoms with Gasteiger partial charge in [0, 0.05) is 48.8 Å². The van der Waals surface area contributed by atoms with Crippen LogP contribution in [-0.2, 0) is 6.54 Å². The molecule has 122 valence electrons. The number of benzene rings is 1. The number of halogens is 1. The Bertz CT molecular complexity index is 829. The summed E-state index contributed by atoms with van der Waals surface area (Å²) in [6, 6.07) is 16.6. The molecule has 1 aliphatic heterocycles. The summed E-state index contributed by atoms with van der Waals surface area (Å²) in [5.74, 6) is 1.07. The Kier molecular flexibility index (Phi) is 4.45. The summed E-state index contributed by atoms with van der Waals surface area (Å²) in [6.07, 6.45) is 1.86. The van der Waals surface area contributed by atoms with Crippen LogP contribution in [0.15, 0.2) is 59.2 Å². The van der Waals surface area contributed by atoms with Crippen molar-refractivity contribution in [2.75, 3.05) is 31.1 Å². The molecule has 4 nitrogen and oxygen atoms in total. The van der Waals surface area contributed by atoms with Gasteiger partial charge in [-0.15, -0.1) is 0 Å². The van der Waals surface area contributed by atoms with Crippen LogP contribution in [-0.4, -0.2) is 41.0 Å². The van der Waals surface area contributed by atoms with E-state index in [2.05, 4.69) is 73.2 Å². The van der Waals surface area contributed by atoms with Gasteiger partial charge in [-0.25, -0.2) is 4.98 Å². The van der Waals surface area contributed by atoms with Gasteiger partial charge in [-0.05, 0) is 36.4 Å². The van der Waals surface area contributed by atoms with Crippen molar-refractivity contribution in [1.29, 1.82) is 0 Å². The van der Waals surface area contributed by atoms with Crippen molar-refractivity contribution in [2.24, 2.45) is 0 Å². The van der Waals surface area contributed by atoms with Gasteiger partial charge >= 0.3 is 0 Å². The molecule has 0 radical (unpaired) electrons. The molecule has 2 aromatic heterocycles. The maximum absolute atomic E-state index is 4.83. The van der Waals surface area contributed by atoms with Crippen molar-refractivity contribution >= 4 is 32.7 Å². The van der Waals surface area contributed by atoms with Gasteiger partial charge < -0.3 is 4.90 Å². The lowest BCUT2D eigenvalue weighted by Crippen LogP contribution is -2.46. The summed E-state index contributed by atoms with van der Waals surface area (Å²) >= 11 is 3.53. The van der Waals surface area contributed by atoms with Gasteiger partial charge in [0.05, 0.1) is 11.2 Å². The van der Waals surface area contributed by atoms with Gasteiger partial charge in [0.1, 0.15) is 5.82 Å². The van der Waals surface area contributed by atoms with Crippen molar-refractivity contribution in [3.05, 3.63) is 64.9 Å². The normalized spacial score (nSPS) is 15.8. The van der Waals surface area contributed by atoms with E-state index in [4.69, 9.17) is 4.98 Å². The lowest BCUT2D eigenvalue weighted by Gasteiger charge is -2.35. The van der Waals surface area contributed by atoms with E-state index in [1.165, 1.54) is 5.39 Å². The van der Waals surface area contributed by atoms with Crippen LogP contribution in [0.5, 0.6) is 0 Å². The van der Waals surface area contributed by atoms with E-state index in [0.29, 0.717) is 0 Å². The third kappa shape index (κ3) is 3.42. The summed E-state index contributed by atoms with van der Waals surface area (Å²) in [5, 5.41) is 1.18. The Morgan fingerprint density at radius 3 is 2.58 bits per heavy atom. The van der Waals surface area contributed by atoms with E-state index in [1.807, 2.05) is 12.3 Å². The molecule has 0 saturated carbocycles. The molecule has 0 aliphatic carbocycles. The number of hydrogen-bond donors (Lipinski definition) is 0. The molecular formula is C19H19BrN4. The Morgan fingerprint density at radius 1 is 0.958 bits per heavy atom. The molecule has 1 saturated heterocycles. The molecule has 0 atom stereocenters. The monoisotopic (exact) mass is 382 g/mol. The number of rotatable bonds is 3. The predicted octanol–water partition coefficient (Wildman–Crippen LogP) is 3.71. The molecule has 0 spiro atoms. The van der Waals surface area contributed by atoms with Gasteiger partial charge in [-0.3, -0.25) is 9.88 Å². The summed E-state index contributed by atoms with van der Waals surface area (Å²) in [7, 11) is 0. The van der Waals surface area contributed by atoms with Crippen LogP contribution in [0.1, 0.15) is 5.69 Å². The maximum atomic E-state index is 4.83. The van der Waals surface area contributed by atoms with Crippen LogP contribution in [0.25, 0.3) is 10.9 Å². The van der Waals surface area contributed by atoms with Crippen LogP contribution < -0.4 is 4.90 Å². The maximum Gasteiger partial charge on any atom is 0.129 e. The van der Waals surface area contributed by atoms with Crippen LogP contribution >= 0.6 is 15.9 Å². The molecular weight excluding hydrogens is 364 g/mol. The molecule has 24 heavy (non-hydrogen) atoms. The highest BCUT2D eigenvalue weighted by Gasteiger charge is 2.18. The molecule has 0 amide bonds. The minimum absolute atomic E-state index is 0.923. The fraction of sp³-hybridized carbons (Fsp3) is 0.263. The van der Waals surface area contributed by atoms with Gasteiger partial charge in [0.2, 0.25) is 0 Å². The predicted molar refractivity (Wildman–Crippen MR) is 101 cm³/mol. The van der Waals surface area contributed by atoms with Crippen LogP contribution in [0, 0.1) is 0 Å². The fourth-order valence-electron chi connectivity index (χ4n) is 3.11. The van der Waals surface area contributed by atoms with Crippen molar-refractivity contribution in [2.45, 2.75) is 6.54 Å². The Morgan fingerprint density at radius 2 is 1.79 bits per heavy atom. The van der Waals surface area contributed by atoms with Crippen molar-refractivity contribution in [1.82, 2.24) is 14.9 Å². The SMILES string of the molecule is Brc1ccc2ccc(N3CCN(Cc4ccccn4)CC3)nc2c1. The Hall–Kier alpha value is -1.98. The lowest BCUT2D eigenvalue weighted by atomic mass is 10.2. The third-order valence-electron chi connectivity index (χ3n) is 4.45. The van der Waals surface area contributed by atoms with Gasteiger partial charge in [-0.1, -0.05) is 28.1 Å². The second-order valence-corrected chi connectivity index (χ2v) is 7.01. The lowest BCUT2D eigenvalue weighted by molar-refractivity contribution is 0.246. The van der Waals surface area contributed by atoms with E-state index >= 15 is 0 Å². The molecule has 3 aromatic rings. The van der Waals surface area contributed by atoms with Gasteiger partial charge in [0.25, 0.3) is 0 Å². The molecule has 3 heterocycles. The average molecular weight is 383 g/mol. The number of anilines is 1. The first-order chi connectivity index (χ1) is 11.8. The molecule has 1 aliphatic rings. The van der Waals surface area contributed by atoms with E-state index < -0.39 is 0 Å². The largest absolute Gasteiger partial charge is 0.354 e. The number of hydrogen-bond acceptors (Lipinski definition) is 4. The number of fused-ring (bicyclic) bond motifs is 1. The highest BCUT2D eigenvalue weighted by Crippen LogP contribution is 2.22.